The van der Waals surface area contributed by atoms with Crippen LogP contribution in [0.15, 0.2) is 42.7 Å². The van der Waals surface area contributed by atoms with Gasteiger partial charge in [0.2, 0.25) is 0 Å². The van der Waals surface area contributed by atoms with Crippen molar-refractivity contribution in [1.29, 1.82) is 5.26 Å². The number of carbonyl (C=O) groups excluding carboxylic acids is 2. The number of hydrogen-bond donors (Lipinski definition) is 0. The second kappa shape index (κ2) is 11.3. The summed E-state index contributed by atoms with van der Waals surface area (Å²) in [6.07, 6.45) is 3.39. The van der Waals surface area contributed by atoms with E-state index in [2.05, 4.69) is 4.98 Å². The molecule has 29 heavy (non-hydrogen) atoms. The van der Waals surface area contributed by atoms with Gasteiger partial charge in [-0.05, 0) is 30.7 Å². The van der Waals surface area contributed by atoms with Crippen molar-refractivity contribution in [3.05, 3.63) is 53.9 Å². The fourth-order valence-corrected chi connectivity index (χ4v) is 2.55. The normalized spacial score (nSPS) is 9.97. The van der Waals surface area contributed by atoms with Crippen molar-refractivity contribution in [2.75, 3.05) is 26.9 Å². The maximum atomic E-state index is 12.7. The number of pyridine rings is 1. The van der Waals surface area contributed by atoms with Crippen molar-refractivity contribution < 1.29 is 23.8 Å². The van der Waals surface area contributed by atoms with E-state index in [1.54, 1.807) is 37.5 Å². The van der Waals surface area contributed by atoms with Gasteiger partial charge in [0.05, 0.1) is 31.8 Å². The van der Waals surface area contributed by atoms with E-state index in [4.69, 9.17) is 19.5 Å². The number of rotatable bonds is 10. The average Bonchev–Trinajstić information content (AvgIpc) is 2.75. The highest BCUT2D eigenvalue weighted by Gasteiger charge is 2.18. The van der Waals surface area contributed by atoms with Crippen LogP contribution in [-0.4, -0.2) is 48.6 Å². The maximum Gasteiger partial charge on any atom is 0.307 e. The summed E-state index contributed by atoms with van der Waals surface area (Å²) in [5, 5.41) is 8.97. The molecule has 0 spiro atoms. The molecule has 0 bridgehead atoms. The van der Waals surface area contributed by atoms with E-state index < -0.39 is 0 Å². The van der Waals surface area contributed by atoms with E-state index in [0.29, 0.717) is 23.6 Å². The van der Waals surface area contributed by atoms with E-state index in [-0.39, 0.29) is 38.1 Å². The largest absolute Gasteiger partial charge is 0.493 e. The maximum absolute atomic E-state index is 12.7. The first-order valence-electron chi connectivity index (χ1n) is 9.10. The van der Waals surface area contributed by atoms with Gasteiger partial charge in [0.1, 0.15) is 0 Å². The Morgan fingerprint density at radius 1 is 1.24 bits per heavy atom. The monoisotopic (exact) mass is 397 g/mol. The highest BCUT2D eigenvalue weighted by molar-refractivity contribution is 5.78. The van der Waals surface area contributed by atoms with Crippen molar-refractivity contribution in [3.63, 3.8) is 0 Å². The molecule has 0 aliphatic rings. The summed E-state index contributed by atoms with van der Waals surface area (Å²) in [7, 11) is 1.46. The Hall–Kier alpha value is -3.60. The fraction of sp³-hybridized carbons (Fsp3) is 0.333. The number of methoxy groups -OCH3 is 1. The molecule has 0 aliphatic heterocycles. The molecule has 0 atom stereocenters. The van der Waals surface area contributed by atoms with Crippen LogP contribution >= 0.6 is 0 Å². The molecular formula is C21H23N3O5. The van der Waals surface area contributed by atoms with Gasteiger partial charge in [0, 0.05) is 31.5 Å². The number of hydrogen-bond acceptors (Lipinski definition) is 7. The zero-order chi connectivity index (χ0) is 21.1. The van der Waals surface area contributed by atoms with Crippen LogP contribution in [0.3, 0.4) is 0 Å². The van der Waals surface area contributed by atoms with E-state index in [9.17, 15) is 9.59 Å². The van der Waals surface area contributed by atoms with Crippen molar-refractivity contribution in [2.45, 2.75) is 19.9 Å². The zero-order valence-corrected chi connectivity index (χ0v) is 16.5. The molecule has 1 aromatic carbocycles. The van der Waals surface area contributed by atoms with Crippen LogP contribution < -0.4 is 9.47 Å². The Morgan fingerprint density at radius 2 is 2.07 bits per heavy atom. The fourth-order valence-electron chi connectivity index (χ4n) is 2.55. The minimum Gasteiger partial charge on any atom is -0.493 e. The quantitative estimate of drug-likeness (QED) is 0.567. The standard InChI is InChI=1S/C21H23N3O5/c1-3-28-21(26)8-10-24(14-17-5-4-9-23-13-17)20(25)15-29-18-7-6-16(12-22)11-19(18)27-2/h4-7,9,11,13H,3,8,10,14-15H2,1-2H3. The second-order valence-corrected chi connectivity index (χ2v) is 6.00. The zero-order valence-electron chi connectivity index (χ0n) is 16.5. The van der Waals surface area contributed by atoms with Crippen molar-refractivity contribution in [1.82, 2.24) is 9.88 Å². The molecule has 2 rings (SSSR count). The molecule has 1 aromatic heterocycles. The van der Waals surface area contributed by atoms with Gasteiger partial charge in [-0.25, -0.2) is 0 Å². The number of nitrogens with zero attached hydrogens (tertiary/aromatic N) is 3. The van der Waals surface area contributed by atoms with Crippen LogP contribution in [0.25, 0.3) is 0 Å². The molecule has 1 amide bonds. The van der Waals surface area contributed by atoms with Gasteiger partial charge in [-0.15, -0.1) is 0 Å². The first-order valence-corrected chi connectivity index (χ1v) is 9.10. The van der Waals surface area contributed by atoms with Crippen molar-refractivity contribution in [2.24, 2.45) is 0 Å². The smallest absolute Gasteiger partial charge is 0.307 e. The van der Waals surface area contributed by atoms with Gasteiger partial charge in [-0.2, -0.15) is 5.26 Å². The number of carbonyl (C=O) groups is 2. The third kappa shape index (κ3) is 6.81. The Bertz CT molecular complexity index is 864. The van der Waals surface area contributed by atoms with Gasteiger partial charge >= 0.3 is 5.97 Å². The van der Waals surface area contributed by atoms with Gasteiger partial charge in [0.15, 0.2) is 18.1 Å². The number of nitriles is 1. The van der Waals surface area contributed by atoms with Gasteiger partial charge in [-0.3, -0.25) is 14.6 Å². The third-order valence-electron chi connectivity index (χ3n) is 3.98. The van der Waals surface area contributed by atoms with E-state index in [1.807, 2.05) is 12.1 Å². The van der Waals surface area contributed by atoms with Gasteiger partial charge in [-0.1, -0.05) is 6.07 Å². The molecule has 0 saturated heterocycles. The van der Waals surface area contributed by atoms with Crippen LogP contribution in [-0.2, 0) is 20.9 Å². The lowest BCUT2D eigenvalue weighted by Gasteiger charge is -2.23. The predicted octanol–water partition coefficient (Wildman–Crippen LogP) is 2.32. The summed E-state index contributed by atoms with van der Waals surface area (Å²) in [4.78, 5) is 30.0. The lowest BCUT2D eigenvalue weighted by Crippen LogP contribution is -2.36. The molecule has 8 nitrogen and oxygen atoms in total. The molecule has 0 N–H and O–H groups in total. The van der Waals surface area contributed by atoms with Crippen LogP contribution in [0.4, 0.5) is 0 Å². The summed E-state index contributed by atoms with van der Waals surface area (Å²) in [5.41, 5.74) is 1.26. The molecule has 0 aliphatic carbocycles. The first kappa shape index (κ1) is 21.7. The Morgan fingerprint density at radius 3 is 2.72 bits per heavy atom. The molecule has 0 radical (unpaired) electrons. The molecule has 0 saturated carbocycles. The van der Waals surface area contributed by atoms with Crippen molar-refractivity contribution >= 4 is 11.9 Å². The average molecular weight is 397 g/mol. The number of esters is 1. The highest BCUT2D eigenvalue weighted by Crippen LogP contribution is 2.27. The number of ether oxygens (including phenoxy) is 3. The summed E-state index contributed by atoms with van der Waals surface area (Å²) < 4.78 is 15.8. The molecule has 2 aromatic rings. The van der Waals surface area contributed by atoms with Crippen LogP contribution in [0.5, 0.6) is 11.5 Å². The number of benzene rings is 1. The number of amides is 1. The lowest BCUT2D eigenvalue weighted by molar-refractivity contribution is -0.144. The molecule has 8 heteroatoms. The van der Waals surface area contributed by atoms with E-state index in [1.165, 1.54) is 18.1 Å². The summed E-state index contributed by atoms with van der Waals surface area (Å²) in [6, 6.07) is 10.3. The van der Waals surface area contributed by atoms with Gasteiger partial charge < -0.3 is 19.1 Å². The molecule has 0 unspecified atom stereocenters. The van der Waals surface area contributed by atoms with Crippen LogP contribution in [0.2, 0.25) is 0 Å². The summed E-state index contributed by atoms with van der Waals surface area (Å²) in [5.74, 6) is 0.0458. The molecular weight excluding hydrogens is 374 g/mol. The first-order chi connectivity index (χ1) is 14.1. The number of aromatic nitrogens is 1. The SMILES string of the molecule is CCOC(=O)CCN(Cc1cccnc1)C(=O)COc1ccc(C#N)cc1OC. The topological polar surface area (TPSA) is 102 Å². The minimum absolute atomic E-state index is 0.0834. The van der Waals surface area contributed by atoms with E-state index in [0.717, 1.165) is 5.56 Å². The van der Waals surface area contributed by atoms with E-state index >= 15 is 0 Å². The Labute approximate surface area is 169 Å². The third-order valence-corrected chi connectivity index (χ3v) is 3.98. The Balaban J connectivity index is 2.06. The van der Waals surface area contributed by atoms with Crippen molar-refractivity contribution in [3.8, 4) is 17.6 Å². The lowest BCUT2D eigenvalue weighted by atomic mass is 10.2. The van der Waals surface area contributed by atoms with Gasteiger partial charge in [0.25, 0.3) is 5.91 Å². The molecule has 0 fully saturated rings. The minimum atomic E-state index is -0.369. The summed E-state index contributed by atoms with van der Waals surface area (Å²) in [6.45, 7) is 2.26. The summed E-state index contributed by atoms with van der Waals surface area (Å²) >= 11 is 0. The van der Waals surface area contributed by atoms with Crippen LogP contribution in [0.1, 0.15) is 24.5 Å². The Kier molecular flexibility index (Phi) is 8.45. The second-order valence-electron chi connectivity index (χ2n) is 6.00. The molecule has 152 valence electrons. The molecule has 1 heterocycles. The van der Waals surface area contributed by atoms with Crippen LogP contribution in [0, 0.1) is 11.3 Å². The predicted molar refractivity (Wildman–Crippen MR) is 104 cm³/mol. The highest BCUT2D eigenvalue weighted by atomic mass is 16.5.